The second-order valence-electron chi connectivity index (χ2n) is 8.72. The number of fused-ring (bicyclic) bond motifs is 3. The summed E-state index contributed by atoms with van der Waals surface area (Å²) < 4.78 is 28.0. The van der Waals surface area contributed by atoms with E-state index in [2.05, 4.69) is 10.0 Å². The van der Waals surface area contributed by atoms with Gasteiger partial charge in [-0.3, -0.25) is 9.59 Å². The van der Waals surface area contributed by atoms with E-state index in [9.17, 15) is 18.0 Å². The minimum atomic E-state index is -3.22. The van der Waals surface area contributed by atoms with Gasteiger partial charge in [-0.2, -0.15) is 0 Å². The van der Waals surface area contributed by atoms with Crippen LogP contribution in [-0.4, -0.2) is 43.1 Å². The number of primary amides is 1. The molecule has 176 valence electrons. The monoisotopic (exact) mass is 462 g/mol. The van der Waals surface area contributed by atoms with Crippen molar-refractivity contribution in [2.24, 2.45) is 5.73 Å². The van der Waals surface area contributed by atoms with Gasteiger partial charge in [-0.1, -0.05) is 6.42 Å². The lowest BCUT2D eigenvalue weighted by Crippen LogP contribution is -2.31. The average molecular weight is 463 g/mol. The molecule has 0 fully saturated rings. The minimum absolute atomic E-state index is 0.125. The van der Waals surface area contributed by atoms with E-state index in [-0.39, 0.29) is 18.4 Å². The Bertz CT molecular complexity index is 1090. The average Bonchev–Trinajstić information content (AvgIpc) is 3.05. The van der Waals surface area contributed by atoms with Crippen LogP contribution >= 0.6 is 0 Å². The number of benzene rings is 1. The van der Waals surface area contributed by atoms with Gasteiger partial charge in [0.05, 0.1) is 5.25 Å². The number of rotatable bonds is 11. The number of nitrogens with zero attached hydrogens (tertiary/aromatic N) is 1. The molecular formula is C23H34N4O4S. The summed E-state index contributed by atoms with van der Waals surface area (Å²) in [5.74, 6) is -0.492. The summed E-state index contributed by atoms with van der Waals surface area (Å²) in [5.41, 5.74) is 9.41. The highest BCUT2D eigenvalue weighted by molar-refractivity contribution is 7.90. The third-order valence-corrected chi connectivity index (χ3v) is 7.86. The standard InChI is InChI=1S/C23H34N4O4S/c1-16(2)32(30,31)26-13-7-3-6-12-25-23(29)17-10-11-21-19(14-17)18-8-4-5-9-20(18)27(21)15-22(24)28/h10-11,14,16,26H,3-9,12-13,15H2,1-2H3,(H2,24,28)(H,25,29). The number of aryl methyl sites for hydroxylation is 1. The fourth-order valence-corrected chi connectivity index (χ4v) is 4.99. The summed E-state index contributed by atoms with van der Waals surface area (Å²) in [7, 11) is -3.22. The molecule has 0 saturated carbocycles. The van der Waals surface area contributed by atoms with Crippen molar-refractivity contribution in [2.45, 2.75) is 70.6 Å². The van der Waals surface area contributed by atoms with Crippen LogP contribution in [0.4, 0.5) is 0 Å². The van der Waals surface area contributed by atoms with Gasteiger partial charge >= 0.3 is 0 Å². The maximum absolute atomic E-state index is 12.7. The maximum atomic E-state index is 12.7. The number of aromatic nitrogens is 1. The summed E-state index contributed by atoms with van der Waals surface area (Å²) in [6.07, 6.45) is 6.40. The molecule has 0 spiro atoms. The smallest absolute Gasteiger partial charge is 0.251 e. The van der Waals surface area contributed by atoms with Gasteiger partial charge in [0, 0.05) is 35.2 Å². The van der Waals surface area contributed by atoms with E-state index in [0.717, 1.165) is 61.5 Å². The zero-order valence-electron chi connectivity index (χ0n) is 18.9. The lowest BCUT2D eigenvalue weighted by molar-refractivity contribution is -0.118. The van der Waals surface area contributed by atoms with Gasteiger partial charge in [0.2, 0.25) is 15.9 Å². The quantitative estimate of drug-likeness (QED) is 0.443. The van der Waals surface area contributed by atoms with Crippen LogP contribution in [0.2, 0.25) is 0 Å². The molecule has 8 nitrogen and oxygen atoms in total. The number of sulfonamides is 1. The van der Waals surface area contributed by atoms with E-state index in [4.69, 9.17) is 5.73 Å². The van der Waals surface area contributed by atoms with Crippen LogP contribution in [0.15, 0.2) is 18.2 Å². The highest BCUT2D eigenvalue weighted by Crippen LogP contribution is 2.32. The van der Waals surface area contributed by atoms with E-state index < -0.39 is 15.3 Å². The summed E-state index contributed by atoms with van der Waals surface area (Å²) in [6, 6.07) is 5.63. The SMILES string of the molecule is CC(C)S(=O)(=O)NCCCCCNC(=O)c1ccc2c(c1)c1c(n2CC(N)=O)CCCC1. The fraction of sp³-hybridized carbons (Fsp3) is 0.565. The number of unbranched alkanes of at least 4 members (excludes halogenated alkanes) is 2. The zero-order valence-corrected chi connectivity index (χ0v) is 19.8. The molecule has 3 rings (SSSR count). The first-order valence-corrected chi connectivity index (χ1v) is 12.9. The van der Waals surface area contributed by atoms with E-state index in [1.165, 1.54) is 5.56 Å². The normalized spacial score (nSPS) is 14.0. The molecule has 1 aromatic heterocycles. The Labute approximate surface area is 190 Å². The second-order valence-corrected chi connectivity index (χ2v) is 11.0. The Hall–Kier alpha value is -2.39. The minimum Gasteiger partial charge on any atom is -0.368 e. The summed E-state index contributed by atoms with van der Waals surface area (Å²) in [4.78, 5) is 24.2. The molecule has 0 aliphatic heterocycles. The number of carbonyl (C=O) groups is 2. The van der Waals surface area contributed by atoms with Gasteiger partial charge in [0.1, 0.15) is 6.54 Å². The molecule has 2 aromatic rings. The van der Waals surface area contributed by atoms with Crippen molar-refractivity contribution in [3.63, 3.8) is 0 Å². The van der Waals surface area contributed by atoms with Crippen LogP contribution in [0.1, 0.15) is 67.6 Å². The van der Waals surface area contributed by atoms with Crippen LogP contribution in [0.5, 0.6) is 0 Å². The molecule has 0 radical (unpaired) electrons. The first kappa shape index (κ1) is 24.3. The number of amides is 2. The van der Waals surface area contributed by atoms with Crippen molar-refractivity contribution < 1.29 is 18.0 Å². The fourth-order valence-electron chi connectivity index (χ4n) is 4.23. The van der Waals surface area contributed by atoms with Gasteiger partial charge < -0.3 is 15.6 Å². The third kappa shape index (κ3) is 5.69. The molecule has 0 bridgehead atoms. The lowest BCUT2D eigenvalue weighted by atomic mass is 9.95. The molecule has 2 amide bonds. The van der Waals surface area contributed by atoms with Gasteiger partial charge in [0.15, 0.2) is 0 Å². The number of carbonyl (C=O) groups excluding carboxylic acids is 2. The number of nitrogens with two attached hydrogens (primary N) is 1. The Morgan fingerprint density at radius 1 is 1.09 bits per heavy atom. The first-order valence-electron chi connectivity index (χ1n) is 11.4. The molecule has 1 aliphatic rings. The van der Waals surface area contributed by atoms with Crippen LogP contribution in [0.25, 0.3) is 10.9 Å². The van der Waals surface area contributed by atoms with Gasteiger partial charge in [-0.25, -0.2) is 13.1 Å². The number of hydrogen-bond donors (Lipinski definition) is 3. The van der Waals surface area contributed by atoms with Gasteiger partial charge in [0.25, 0.3) is 5.91 Å². The van der Waals surface area contributed by atoms with Gasteiger partial charge in [-0.15, -0.1) is 0 Å². The molecular weight excluding hydrogens is 428 g/mol. The summed E-state index contributed by atoms with van der Waals surface area (Å²) in [6.45, 7) is 4.41. The van der Waals surface area contributed by atoms with Gasteiger partial charge in [-0.05, 0) is 76.1 Å². The highest BCUT2D eigenvalue weighted by atomic mass is 32.2. The summed E-state index contributed by atoms with van der Waals surface area (Å²) in [5, 5.41) is 3.55. The van der Waals surface area contributed by atoms with Crippen LogP contribution in [0.3, 0.4) is 0 Å². The topological polar surface area (TPSA) is 123 Å². The molecule has 0 unspecified atom stereocenters. The molecule has 9 heteroatoms. The number of hydrogen-bond acceptors (Lipinski definition) is 4. The zero-order chi connectivity index (χ0) is 23.3. The maximum Gasteiger partial charge on any atom is 0.251 e. The molecule has 1 aliphatic carbocycles. The molecule has 0 saturated heterocycles. The molecule has 4 N–H and O–H groups in total. The van der Waals surface area contributed by atoms with Crippen LogP contribution < -0.4 is 15.8 Å². The van der Waals surface area contributed by atoms with Crippen molar-refractivity contribution in [2.75, 3.05) is 13.1 Å². The van der Waals surface area contributed by atoms with Crippen LogP contribution in [-0.2, 0) is 34.2 Å². The van der Waals surface area contributed by atoms with E-state index in [1.54, 1.807) is 19.9 Å². The van der Waals surface area contributed by atoms with E-state index in [1.807, 2.05) is 16.7 Å². The van der Waals surface area contributed by atoms with E-state index in [0.29, 0.717) is 18.7 Å². The first-order chi connectivity index (χ1) is 15.2. The van der Waals surface area contributed by atoms with Crippen molar-refractivity contribution >= 4 is 32.7 Å². The molecule has 32 heavy (non-hydrogen) atoms. The Morgan fingerprint density at radius 2 is 1.81 bits per heavy atom. The third-order valence-electron chi connectivity index (χ3n) is 6.02. The van der Waals surface area contributed by atoms with Crippen molar-refractivity contribution in [3.8, 4) is 0 Å². The van der Waals surface area contributed by atoms with Crippen molar-refractivity contribution in [3.05, 3.63) is 35.0 Å². The molecule has 1 aromatic carbocycles. The van der Waals surface area contributed by atoms with Crippen LogP contribution in [0, 0.1) is 0 Å². The Kier molecular flexibility index (Phi) is 7.95. The second kappa shape index (κ2) is 10.5. The van der Waals surface area contributed by atoms with E-state index >= 15 is 0 Å². The Balaban J connectivity index is 1.56. The summed E-state index contributed by atoms with van der Waals surface area (Å²) >= 11 is 0. The van der Waals surface area contributed by atoms with Crippen molar-refractivity contribution in [1.29, 1.82) is 0 Å². The largest absolute Gasteiger partial charge is 0.368 e. The lowest BCUT2D eigenvalue weighted by Gasteiger charge is -2.14. The predicted molar refractivity (Wildman–Crippen MR) is 126 cm³/mol. The predicted octanol–water partition coefficient (Wildman–Crippen LogP) is 2.23. The highest BCUT2D eigenvalue weighted by Gasteiger charge is 2.21. The Morgan fingerprint density at radius 3 is 2.53 bits per heavy atom. The van der Waals surface area contributed by atoms with Crippen molar-refractivity contribution in [1.82, 2.24) is 14.6 Å². The molecule has 0 atom stereocenters. The molecule has 1 heterocycles. The number of nitrogens with one attached hydrogen (secondary N) is 2.